The summed E-state index contributed by atoms with van der Waals surface area (Å²) < 4.78 is 5.67. The van der Waals surface area contributed by atoms with Crippen molar-refractivity contribution in [1.82, 2.24) is 14.8 Å². The molecule has 3 N–H and O–H groups in total. The number of fused-ring (bicyclic) bond motifs is 1. The Kier molecular flexibility index (Phi) is 5.95. The van der Waals surface area contributed by atoms with Gasteiger partial charge in [0.15, 0.2) is 5.13 Å². The molecule has 1 aliphatic heterocycles. The lowest BCUT2D eigenvalue weighted by atomic mass is 9.89. The first-order valence-electron chi connectivity index (χ1n) is 8.98. The molecule has 148 valence electrons. The molecular weight excluding hydrogens is 372 g/mol. The summed E-state index contributed by atoms with van der Waals surface area (Å²) in [6, 6.07) is 0. The van der Waals surface area contributed by atoms with Gasteiger partial charge in [-0.15, -0.1) is 11.3 Å². The number of hydrogen-bond acceptors (Lipinski definition) is 7. The third kappa shape index (κ3) is 4.56. The first-order chi connectivity index (χ1) is 12.8. The summed E-state index contributed by atoms with van der Waals surface area (Å²) in [4.78, 5) is 44.1. The van der Waals surface area contributed by atoms with E-state index >= 15 is 0 Å². The summed E-state index contributed by atoms with van der Waals surface area (Å²) in [6.45, 7) is 2.24. The molecule has 1 saturated heterocycles. The highest BCUT2D eigenvalue weighted by atomic mass is 32.1. The summed E-state index contributed by atoms with van der Waals surface area (Å²) >= 11 is 1.45. The zero-order valence-electron chi connectivity index (χ0n) is 15.2. The molecule has 0 saturated carbocycles. The van der Waals surface area contributed by atoms with Crippen LogP contribution in [-0.4, -0.2) is 76.6 Å². The minimum absolute atomic E-state index is 0.00200. The van der Waals surface area contributed by atoms with E-state index in [-0.39, 0.29) is 30.8 Å². The number of nitrogen functional groups attached to an aromatic ring is 1. The normalized spacial score (nSPS) is 22.2. The highest BCUT2D eigenvalue weighted by molar-refractivity contribution is 7.15. The molecule has 0 bridgehead atoms. The van der Waals surface area contributed by atoms with E-state index in [1.54, 1.807) is 4.90 Å². The van der Waals surface area contributed by atoms with Gasteiger partial charge < -0.3 is 25.4 Å². The van der Waals surface area contributed by atoms with Crippen LogP contribution >= 0.6 is 11.3 Å². The molecule has 0 spiro atoms. The number of hydrogen-bond donors (Lipinski definition) is 2. The van der Waals surface area contributed by atoms with Gasteiger partial charge in [0.05, 0.1) is 24.3 Å². The lowest BCUT2D eigenvalue weighted by Crippen LogP contribution is -2.52. The smallest absolute Gasteiger partial charge is 0.323 e. The number of ether oxygens (including phenoxy) is 1. The number of rotatable bonds is 5. The Morgan fingerprint density at radius 2 is 2.22 bits per heavy atom. The lowest BCUT2D eigenvalue weighted by molar-refractivity contribution is -0.148. The second-order valence-electron chi connectivity index (χ2n) is 6.88. The van der Waals surface area contributed by atoms with Crippen molar-refractivity contribution in [2.45, 2.75) is 38.2 Å². The monoisotopic (exact) mass is 396 g/mol. The van der Waals surface area contributed by atoms with Gasteiger partial charge in [0.25, 0.3) is 0 Å². The highest BCUT2D eigenvalue weighted by Gasteiger charge is 2.35. The number of carbonyl (C=O) groups excluding carboxylic acids is 2. The van der Waals surface area contributed by atoms with Crippen molar-refractivity contribution in [2.24, 2.45) is 0 Å². The van der Waals surface area contributed by atoms with Crippen molar-refractivity contribution in [2.75, 3.05) is 38.5 Å². The van der Waals surface area contributed by atoms with E-state index in [1.807, 2.05) is 0 Å². The Labute approximate surface area is 161 Å². The second kappa shape index (κ2) is 8.22. The van der Waals surface area contributed by atoms with E-state index in [2.05, 4.69) is 4.98 Å². The molecule has 1 fully saturated rings. The number of aryl methyl sites for hydroxylation is 1. The van der Waals surface area contributed by atoms with Crippen LogP contribution in [0.1, 0.15) is 36.3 Å². The van der Waals surface area contributed by atoms with Gasteiger partial charge in [0.1, 0.15) is 6.54 Å². The average Bonchev–Trinajstić information content (AvgIpc) is 3.00. The molecule has 2 amide bonds. The van der Waals surface area contributed by atoms with Gasteiger partial charge >= 0.3 is 5.97 Å². The summed E-state index contributed by atoms with van der Waals surface area (Å²) in [5, 5.41) is 9.44. The molecule has 27 heavy (non-hydrogen) atoms. The predicted octanol–water partition coefficient (Wildman–Crippen LogP) is 0.306. The number of aromatic nitrogens is 1. The van der Waals surface area contributed by atoms with E-state index in [0.29, 0.717) is 24.8 Å². The van der Waals surface area contributed by atoms with Gasteiger partial charge in [0, 0.05) is 31.4 Å². The molecule has 2 unspecified atom stereocenters. The number of carboxylic acids is 1. The number of anilines is 1. The largest absolute Gasteiger partial charge is 0.480 e. The summed E-state index contributed by atoms with van der Waals surface area (Å²) in [6.07, 6.45) is 2.17. The third-order valence-corrected chi connectivity index (χ3v) is 5.87. The number of thiazole rings is 1. The van der Waals surface area contributed by atoms with Gasteiger partial charge in [0.2, 0.25) is 11.8 Å². The fourth-order valence-electron chi connectivity index (χ4n) is 3.64. The summed E-state index contributed by atoms with van der Waals surface area (Å²) in [7, 11) is 0. The van der Waals surface area contributed by atoms with Crippen LogP contribution in [0.25, 0.3) is 0 Å². The minimum Gasteiger partial charge on any atom is -0.480 e. The summed E-state index contributed by atoms with van der Waals surface area (Å²) in [5.74, 6) is -1.70. The van der Waals surface area contributed by atoms with E-state index in [9.17, 15) is 14.4 Å². The zero-order chi connectivity index (χ0) is 19.6. The predicted molar refractivity (Wildman–Crippen MR) is 98.4 cm³/mol. The molecular formula is C17H24N4O5S. The Hall–Kier alpha value is -2.20. The topological polar surface area (TPSA) is 126 Å². The van der Waals surface area contributed by atoms with Crippen LogP contribution in [0, 0.1) is 0 Å². The molecule has 3 rings (SSSR count). The highest BCUT2D eigenvalue weighted by Crippen LogP contribution is 2.37. The Morgan fingerprint density at radius 1 is 1.44 bits per heavy atom. The SMILES string of the molecule is CC(=O)N(CC(=O)O)CC1CN(C(=O)C2CCCc3sc(N)nc32)CCO1. The molecule has 1 aromatic rings. The lowest BCUT2D eigenvalue weighted by Gasteiger charge is -2.37. The van der Waals surface area contributed by atoms with Gasteiger partial charge in [-0.3, -0.25) is 14.4 Å². The minimum atomic E-state index is -1.08. The van der Waals surface area contributed by atoms with Crippen LogP contribution in [0.3, 0.4) is 0 Å². The number of nitrogens with zero attached hydrogens (tertiary/aromatic N) is 3. The van der Waals surface area contributed by atoms with Crippen molar-refractivity contribution in [3.63, 3.8) is 0 Å². The Morgan fingerprint density at radius 3 is 2.93 bits per heavy atom. The molecule has 10 heteroatoms. The van der Waals surface area contributed by atoms with Crippen LogP contribution in [0.2, 0.25) is 0 Å². The van der Waals surface area contributed by atoms with E-state index in [4.69, 9.17) is 15.6 Å². The molecule has 1 aliphatic carbocycles. The number of morpholine rings is 1. The molecule has 2 heterocycles. The van der Waals surface area contributed by atoms with Crippen LogP contribution < -0.4 is 5.73 Å². The fourth-order valence-corrected chi connectivity index (χ4v) is 4.58. The molecule has 2 aliphatic rings. The van der Waals surface area contributed by atoms with Crippen LogP contribution in [0.4, 0.5) is 5.13 Å². The molecule has 2 atom stereocenters. The second-order valence-corrected chi connectivity index (χ2v) is 7.99. The number of carboxylic acid groups (broad SMARTS) is 1. The first-order valence-corrected chi connectivity index (χ1v) is 9.79. The van der Waals surface area contributed by atoms with E-state index in [1.165, 1.54) is 23.2 Å². The molecule has 0 aromatic carbocycles. The maximum absolute atomic E-state index is 13.1. The number of aliphatic carboxylic acids is 1. The Balaban J connectivity index is 1.66. The molecule has 9 nitrogen and oxygen atoms in total. The van der Waals surface area contributed by atoms with E-state index in [0.717, 1.165) is 29.8 Å². The maximum Gasteiger partial charge on any atom is 0.323 e. The summed E-state index contributed by atoms with van der Waals surface area (Å²) in [5.41, 5.74) is 6.62. The van der Waals surface area contributed by atoms with Crippen molar-refractivity contribution < 1.29 is 24.2 Å². The zero-order valence-corrected chi connectivity index (χ0v) is 16.0. The van der Waals surface area contributed by atoms with Gasteiger partial charge in [-0.25, -0.2) is 4.98 Å². The average molecular weight is 396 g/mol. The van der Waals surface area contributed by atoms with Crippen LogP contribution in [-0.2, 0) is 25.5 Å². The Bertz CT molecular complexity index is 737. The molecule has 1 aromatic heterocycles. The van der Waals surface area contributed by atoms with Crippen molar-refractivity contribution in [3.8, 4) is 0 Å². The quantitative estimate of drug-likeness (QED) is 0.733. The van der Waals surface area contributed by atoms with E-state index < -0.39 is 12.1 Å². The standard InChI is InChI=1S/C17H24N4O5S/c1-10(22)21(9-14(23)24)8-11-7-20(5-6-26-11)16(25)12-3-2-4-13-15(12)19-17(18)27-13/h11-12H,2-9H2,1H3,(H2,18,19)(H,23,24). The number of nitrogens with two attached hydrogens (primary N) is 1. The fraction of sp³-hybridized carbons (Fsp3) is 0.647. The van der Waals surface area contributed by atoms with Crippen molar-refractivity contribution in [1.29, 1.82) is 0 Å². The maximum atomic E-state index is 13.1. The van der Waals surface area contributed by atoms with Gasteiger partial charge in [-0.05, 0) is 19.3 Å². The van der Waals surface area contributed by atoms with Gasteiger partial charge in [-0.1, -0.05) is 0 Å². The number of amides is 2. The number of carbonyl (C=O) groups is 3. The third-order valence-electron chi connectivity index (χ3n) is 4.91. The van der Waals surface area contributed by atoms with Gasteiger partial charge in [-0.2, -0.15) is 0 Å². The van der Waals surface area contributed by atoms with Crippen molar-refractivity contribution in [3.05, 3.63) is 10.6 Å². The van der Waals surface area contributed by atoms with Crippen LogP contribution in [0.5, 0.6) is 0 Å². The van der Waals surface area contributed by atoms with Crippen molar-refractivity contribution >= 4 is 34.3 Å². The first kappa shape index (κ1) is 19.6. The molecule has 0 radical (unpaired) electrons. The van der Waals surface area contributed by atoms with Crippen LogP contribution in [0.15, 0.2) is 0 Å².